The quantitative estimate of drug-likeness (QED) is 0.810. The van der Waals surface area contributed by atoms with Gasteiger partial charge >= 0.3 is 0 Å². The fraction of sp³-hybridized carbons (Fsp3) is 0.714. The maximum Gasteiger partial charge on any atom is 0.0302 e. The van der Waals surface area contributed by atoms with E-state index in [0.717, 1.165) is 13.1 Å². The second-order valence-corrected chi connectivity index (χ2v) is 6.61. The first-order chi connectivity index (χ1) is 8.09. The van der Waals surface area contributed by atoms with E-state index < -0.39 is 0 Å². The van der Waals surface area contributed by atoms with Crippen LogP contribution in [0.1, 0.15) is 37.1 Å². The average molecular weight is 252 g/mol. The maximum absolute atomic E-state index is 3.56. The van der Waals surface area contributed by atoms with E-state index in [4.69, 9.17) is 0 Å². The van der Waals surface area contributed by atoms with Crippen LogP contribution in [-0.2, 0) is 6.54 Å². The molecule has 17 heavy (non-hydrogen) atoms. The van der Waals surface area contributed by atoms with Crippen LogP contribution in [0.4, 0.5) is 0 Å². The van der Waals surface area contributed by atoms with Crippen molar-refractivity contribution in [2.24, 2.45) is 0 Å². The number of rotatable bonds is 5. The van der Waals surface area contributed by atoms with Gasteiger partial charge in [-0.2, -0.15) is 0 Å². The lowest BCUT2D eigenvalue weighted by molar-refractivity contribution is 0.176. The van der Waals surface area contributed by atoms with Gasteiger partial charge in [0.2, 0.25) is 0 Å². The Labute approximate surface area is 109 Å². The zero-order chi connectivity index (χ0) is 12.3. The lowest BCUT2D eigenvalue weighted by Crippen LogP contribution is -2.41. The van der Waals surface area contributed by atoms with Crippen LogP contribution < -0.4 is 5.32 Å². The van der Waals surface area contributed by atoms with E-state index in [0.29, 0.717) is 5.54 Å². The summed E-state index contributed by atoms with van der Waals surface area (Å²) >= 11 is 1.86. The highest BCUT2D eigenvalue weighted by Crippen LogP contribution is 2.27. The molecule has 0 saturated carbocycles. The van der Waals surface area contributed by atoms with E-state index >= 15 is 0 Å². The van der Waals surface area contributed by atoms with Crippen molar-refractivity contribution in [1.82, 2.24) is 10.2 Å². The third kappa shape index (κ3) is 3.30. The molecule has 0 spiro atoms. The minimum atomic E-state index is 0.417. The van der Waals surface area contributed by atoms with Crippen molar-refractivity contribution in [3.8, 4) is 0 Å². The van der Waals surface area contributed by atoms with Gasteiger partial charge in [0.15, 0.2) is 0 Å². The normalized spacial score (nSPS) is 19.9. The van der Waals surface area contributed by atoms with Crippen LogP contribution in [0.15, 0.2) is 11.4 Å². The molecule has 1 aliphatic heterocycles. The predicted molar refractivity (Wildman–Crippen MR) is 75.6 cm³/mol. The second kappa shape index (κ2) is 5.51. The Hall–Kier alpha value is -0.380. The van der Waals surface area contributed by atoms with Gasteiger partial charge in [-0.15, -0.1) is 11.3 Å². The molecule has 96 valence electrons. The Morgan fingerprint density at radius 2 is 2.29 bits per heavy atom. The molecule has 2 nitrogen and oxygen atoms in total. The topological polar surface area (TPSA) is 15.3 Å². The molecule has 1 saturated heterocycles. The number of hydrogen-bond donors (Lipinski definition) is 1. The van der Waals surface area contributed by atoms with Gasteiger partial charge in [0.25, 0.3) is 0 Å². The number of aryl methyl sites for hydroxylation is 1. The van der Waals surface area contributed by atoms with E-state index in [-0.39, 0.29) is 0 Å². The summed E-state index contributed by atoms with van der Waals surface area (Å²) in [5.74, 6) is 0. The first kappa shape index (κ1) is 13.1. The van der Waals surface area contributed by atoms with Crippen LogP contribution in [0.2, 0.25) is 0 Å². The van der Waals surface area contributed by atoms with Crippen molar-refractivity contribution in [3.05, 3.63) is 21.9 Å². The number of hydrogen-bond acceptors (Lipinski definition) is 3. The summed E-state index contributed by atoms with van der Waals surface area (Å²) in [5.41, 5.74) is 1.84. The predicted octanol–water partition coefficient (Wildman–Crippen LogP) is 3.02. The van der Waals surface area contributed by atoms with Crippen molar-refractivity contribution >= 4 is 11.3 Å². The smallest absolute Gasteiger partial charge is 0.0302 e. The van der Waals surface area contributed by atoms with Crippen molar-refractivity contribution in [3.63, 3.8) is 0 Å². The number of nitrogens with zero attached hydrogens (tertiary/aromatic N) is 1. The molecule has 0 amide bonds. The molecule has 0 radical (unpaired) electrons. The van der Waals surface area contributed by atoms with E-state index in [1.807, 2.05) is 11.3 Å². The minimum absolute atomic E-state index is 0.417. The van der Waals surface area contributed by atoms with Crippen LogP contribution in [-0.4, -0.2) is 30.1 Å². The largest absolute Gasteiger partial charge is 0.311 e. The maximum atomic E-state index is 3.56. The third-order valence-corrected chi connectivity index (χ3v) is 4.91. The standard InChI is InChI=1S/C14H24N2S/c1-12-5-10-17-13(12)11-15-7-9-16-8-4-6-14(16,2)3/h5,10,15H,4,6-9,11H2,1-3H3. The Kier molecular flexibility index (Phi) is 4.23. The van der Waals surface area contributed by atoms with E-state index in [2.05, 4.69) is 42.4 Å². The van der Waals surface area contributed by atoms with Crippen LogP contribution in [0.3, 0.4) is 0 Å². The van der Waals surface area contributed by atoms with Crippen LogP contribution in [0.5, 0.6) is 0 Å². The molecule has 1 aromatic rings. The number of nitrogens with one attached hydrogen (secondary N) is 1. The van der Waals surface area contributed by atoms with Gasteiger partial charge in [-0.05, 0) is 57.2 Å². The fourth-order valence-corrected chi connectivity index (χ4v) is 3.45. The summed E-state index contributed by atoms with van der Waals surface area (Å²) in [4.78, 5) is 4.09. The summed E-state index contributed by atoms with van der Waals surface area (Å²) in [7, 11) is 0. The highest BCUT2D eigenvalue weighted by atomic mass is 32.1. The Morgan fingerprint density at radius 1 is 1.47 bits per heavy atom. The molecule has 1 aliphatic rings. The molecule has 3 heteroatoms. The lowest BCUT2D eigenvalue weighted by Gasteiger charge is -2.31. The summed E-state index contributed by atoms with van der Waals surface area (Å²) in [6, 6.07) is 2.20. The van der Waals surface area contributed by atoms with Gasteiger partial charge in [0, 0.05) is 30.1 Å². The van der Waals surface area contributed by atoms with Gasteiger partial charge in [-0.1, -0.05) is 0 Å². The number of thiophene rings is 1. The molecule has 0 aromatic carbocycles. The highest BCUT2D eigenvalue weighted by molar-refractivity contribution is 7.10. The molecular weight excluding hydrogens is 228 g/mol. The molecular formula is C14H24N2S. The van der Waals surface area contributed by atoms with Crippen molar-refractivity contribution in [2.45, 2.75) is 45.7 Å². The first-order valence-corrected chi connectivity index (χ1v) is 7.46. The summed E-state index contributed by atoms with van der Waals surface area (Å²) in [6.45, 7) is 11.5. The van der Waals surface area contributed by atoms with Crippen molar-refractivity contribution < 1.29 is 0 Å². The molecule has 0 bridgehead atoms. The Morgan fingerprint density at radius 3 is 2.88 bits per heavy atom. The Bertz CT molecular complexity index is 357. The second-order valence-electron chi connectivity index (χ2n) is 5.61. The summed E-state index contributed by atoms with van der Waals surface area (Å²) in [5, 5.41) is 5.74. The van der Waals surface area contributed by atoms with Gasteiger partial charge in [0.1, 0.15) is 0 Å². The zero-order valence-corrected chi connectivity index (χ0v) is 12.1. The van der Waals surface area contributed by atoms with Gasteiger partial charge < -0.3 is 5.32 Å². The average Bonchev–Trinajstić information content (AvgIpc) is 2.81. The van der Waals surface area contributed by atoms with Crippen molar-refractivity contribution in [1.29, 1.82) is 0 Å². The van der Waals surface area contributed by atoms with Gasteiger partial charge in [-0.3, -0.25) is 4.90 Å². The minimum Gasteiger partial charge on any atom is -0.311 e. The zero-order valence-electron chi connectivity index (χ0n) is 11.3. The molecule has 1 N–H and O–H groups in total. The molecule has 0 unspecified atom stereocenters. The third-order valence-electron chi connectivity index (χ3n) is 3.88. The Balaban J connectivity index is 1.68. The van der Waals surface area contributed by atoms with Crippen LogP contribution in [0.25, 0.3) is 0 Å². The SMILES string of the molecule is Cc1ccsc1CNCCN1CCCC1(C)C. The monoisotopic (exact) mass is 252 g/mol. The van der Waals surface area contributed by atoms with Crippen LogP contribution >= 0.6 is 11.3 Å². The molecule has 2 heterocycles. The van der Waals surface area contributed by atoms with E-state index in [9.17, 15) is 0 Å². The van der Waals surface area contributed by atoms with E-state index in [1.54, 1.807) is 0 Å². The van der Waals surface area contributed by atoms with Crippen molar-refractivity contribution in [2.75, 3.05) is 19.6 Å². The molecule has 0 atom stereocenters. The van der Waals surface area contributed by atoms with Gasteiger partial charge in [0.05, 0.1) is 0 Å². The van der Waals surface area contributed by atoms with Gasteiger partial charge in [-0.25, -0.2) is 0 Å². The molecule has 2 rings (SSSR count). The number of likely N-dealkylation sites (tertiary alicyclic amines) is 1. The van der Waals surface area contributed by atoms with E-state index in [1.165, 1.54) is 36.4 Å². The fourth-order valence-electron chi connectivity index (χ4n) is 2.58. The summed E-state index contributed by atoms with van der Waals surface area (Å²) < 4.78 is 0. The highest BCUT2D eigenvalue weighted by Gasteiger charge is 2.30. The van der Waals surface area contributed by atoms with Crippen LogP contribution in [0, 0.1) is 6.92 Å². The lowest BCUT2D eigenvalue weighted by atomic mass is 10.0. The molecule has 0 aliphatic carbocycles. The molecule has 1 fully saturated rings. The summed E-state index contributed by atoms with van der Waals surface area (Å²) in [6.07, 6.45) is 2.70. The first-order valence-electron chi connectivity index (χ1n) is 6.58. The molecule has 1 aromatic heterocycles.